The Balaban J connectivity index is 1.49. The molecule has 1 fully saturated rings. The standard InChI is InChI=1S/C24H24F3N3O2/c1-16-7-9-17(10-8-16)22-14-20(29-32-22)23(31)28-15-21(30-11-2-3-12-30)18-5-4-6-19(13-18)24(25,26)27/h4-10,13-14,21H,2-3,11-12,15H2,1H3,(H,28,31)/t21-/m0/s1. The number of likely N-dealkylation sites (tertiary alicyclic amines) is 1. The van der Waals surface area contributed by atoms with E-state index in [1.165, 1.54) is 12.1 Å². The summed E-state index contributed by atoms with van der Waals surface area (Å²) in [6.45, 7) is 3.70. The molecule has 1 aliphatic rings. The molecule has 0 saturated carbocycles. The van der Waals surface area contributed by atoms with Crippen molar-refractivity contribution in [1.82, 2.24) is 15.4 Å². The molecular weight excluding hydrogens is 419 g/mol. The minimum Gasteiger partial charge on any atom is -0.355 e. The smallest absolute Gasteiger partial charge is 0.355 e. The predicted molar refractivity (Wildman–Crippen MR) is 114 cm³/mol. The van der Waals surface area contributed by atoms with Crippen molar-refractivity contribution in [1.29, 1.82) is 0 Å². The Morgan fingerprint density at radius 2 is 1.84 bits per heavy atom. The van der Waals surface area contributed by atoms with Gasteiger partial charge in [0, 0.05) is 18.2 Å². The van der Waals surface area contributed by atoms with E-state index in [9.17, 15) is 18.0 Å². The lowest BCUT2D eigenvalue weighted by molar-refractivity contribution is -0.137. The molecule has 1 saturated heterocycles. The van der Waals surface area contributed by atoms with Crippen LogP contribution in [0.4, 0.5) is 13.2 Å². The highest BCUT2D eigenvalue weighted by Gasteiger charge is 2.32. The van der Waals surface area contributed by atoms with Crippen molar-refractivity contribution in [3.8, 4) is 11.3 Å². The summed E-state index contributed by atoms with van der Waals surface area (Å²) in [5, 5.41) is 6.68. The highest BCUT2D eigenvalue weighted by molar-refractivity contribution is 5.93. The predicted octanol–water partition coefficient (Wildman–Crippen LogP) is 5.24. The second-order valence-corrected chi connectivity index (χ2v) is 8.03. The minimum atomic E-state index is -4.41. The molecule has 0 spiro atoms. The third-order valence-electron chi connectivity index (χ3n) is 5.72. The number of nitrogens with one attached hydrogen (secondary N) is 1. The molecule has 1 amide bonds. The van der Waals surface area contributed by atoms with Gasteiger partial charge in [0.05, 0.1) is 11.6 Å². The fourth-order valence-corrected chi connectivity index (χ4v) is 3.95. The van der Waals surface area contributed by atoms with Crippen molar-refractivity contribution < 1.29 is 22.5 Å². The molecule has 5 nitrogen and oxygen atoms in total. The Kier molecular flexibility index (Phi) is 6.32. The Morgan fingerprint density at radius 1 is 1.12 bits per heavy atom. The van der Waals surface area contributed by atoms with E-state index >= 15 is 0 Å². The number of aromatic nitrogens is 1. The molecule has 32 heavy (non-hydrogen) atoms. The number of nitrogens with zero attached hydrogens (tertiary/aromatic N) is 2. The van der Waals surface area contributed by atoms with Crippen molar-refractivity contribution >= 4 is 5.91 Å². The van der Waals surface area contributed by atoms with Crippen LogP contribution in [0.2, 0.25) is 0 Å². The van der Waals surface area contributed by atoms with E-state index in [0.717, 1.165) is 43.1 Å². The summed E-state index contributed by atoms with van der Waals surface area (Å²) in [7, 11) is 0. The second kappa shape index (κ2) is 9.16. The van der Waals surface area contributed by atoms with Crippen LogP contribution < -0.4 is 5.32 Å². The lowest BCUT2D eigenvalue weighted by atomic mass is 10.0. The molecule has 1 aliphatic heterocycles. The van der Waals surface area contributed by atoms with Gasteiger partial charge in [0.1, 0.15) is 0 Å². The van der Waals surface area contributed by atoms with Crippen LogP contribution in [0.25, 0.3) is 11.3 Å². The van der Waals surface area contributed by atoms with Gasteiger partial charge in [-0.1, -0.05) is 47.1 Å². The summed E-state index contributed by atoms with van der Waals surface area (Å²) in [6.07, 6.45) is -2.46. The molecule has 3 aromatic rings. The highest BCUT2D eigenvalue weighted by Crippen LogP contribution is 2.32. The number of aryl methyl sites for hydroxylation is 1. The third-order valence-corrected chi connectivity index (χ3v) is 5.72. The molecule has 1 N–H and O–H groups in total. The largest absolute Gasteiger partial charge is 0.416 e. The summed E-state index contributed by atoms with van der Waals surface area (Å²) in [6, 6.07) is 14.2. The molecule has 168 valence electrons. The quantitative estimate of drug-likeness (QED) is 0.566. The maximum Gasteiger partial charge on any atom is 0.416 e. The van der Waals surface area contributed by atoms with Crippen LogP contribution in [-0.2, 0) is 6.18 Å². The third kappa shape index (κ3) is 5.02. The minimum absolute atomic E-state index is 0.129. The monoisotopic (exact) mass is 443 g/mol. The number of hydrogen-bond acceptors (Lipinski definition) is 4. The van der Waals surface area contributed by atoms with Gasteiger partial charge >= 0.3 is 6.18 Å². The van der Waals surface area contributed by atoms with Crippen molar-refractivity contribution in [2.75, 3.05) is 19.6 Å². The van der Waals surface area contributed by atoms with Gasteiger partial charge in [0.25, 0.3) is 5.91 Å². The lowest BCUT2D eigenvalue weighted by Gasteiger charge is -2.28. The summed E-state index contributed by atoms with van der Waals surface area (Å²) in [5.41, 5.74) is 1.88. The highest BCUT2D eigenvalue weighted by atomic mass is 19.4. The first kappa shape index (κ1) is 22.1. The van der Waals surface area contributed by atoms with E-state index < -0.39 is 17.6 Å². The van der Waals surface area contributed by atoms with E-state index in [2.05, 4.69) is 15.4 Å². The molecule has 2 aromatic carbocycles. The Labute approximate surface area is 184 Å². The van der Waals surface area contributed by atoms with Gasteiger partial charge in [-0.25, -0.2) is 0 Å². The number of carbonyl (C=O) groups excluding carboxylic acids is 1. The van der Waals surface area contributed by atoms with Crippen LogP contribution in [0, 0.1) is 6.92 Å². The zero-order valence-corrected chi connectivity index (χ0v) is 17.7. The summed E-state index contributed by atoms with van der Waals surface area (Å²) in [4.78, 5) is 14.8. The number of halogens is 3. The maximum absolute atomic E-state index is 13.2. The molecule has 0 bridgehead atoms. The molecule has 0 unspecified atom stereocenters. The second-order valence-electron chi connectivity index (χ2n) is 8.03. The van der Waals surface area contributed by atoms with Crippen molar-refractivity contribution in [3.05, 3.63) is 77.0 Å². The van der Waals surface area contributed by atoms with E-state index in [0.29, 0.717) is 11.3 Å². The van der Waals surface area contributed by atoms with Crippen molar-refractivity contribution in [2.24, 2.45) is 0 Å². The van der Waals surface area contributed by atoms with Gasteiger partial charge in [-0.2, -0.15) is 13.2 Å². The maximum atomic E-state index is 13.2. The number of alkyl halides is 3. The molecule has 4 rings (SSSR count). The zero-order valence-electron chi connectivity index (χ0n) is 17.7. The summed E-state index contributed by atoms with van der Waals surface area (Å²) < 4.78 is 44.9. The Bertz CT molecular complexity index is 1070. The molecule has 1 atom stereocenters. The van der Waals surface area contributed by atoms with Crippen LogP contribution in [0.15, 0.2) is 59.1 Å². The van der Waals surface area contributed by atoms with E-state index in [1.54, 1.807) is 12.1 Å². The Morgan fingerprint density at radius 3 is 2.53 bits per heavy atom. The molecular formula is C24H24F3N3O2. The van der Waals surface area contributed by atoms with Gasteiger partial charge in [0.15, 0.2) is 11.5 Å². The van der Waals surface area contributed by atoms with Crippen molar-refractivity contribution in [3.63, 3.8) is 0 Å². The van der Waals surface area contributed by atoms with Crippen LogP contribution in [-0.4, -0.2) is 35.6 Å². The number of amides is 1. The van der Waals surface area contributed by atoms with Gasteiger partial charge in [-0.3, -0.25) is 9.69 Å². The number of rotatable bonds is 6. The van der Waals surface area contributed by atoms with Crippen LogP contribution in [0.1, 0.15) is 46.1 Å². The van der Waals surface area contributed by atoms with E-state index in [4.69, 9.17) is 4.52 Å². The molecule has 1 aromatic heterocycles. The normalized spacial score (nSPS) is 15.6. The number of benzene rings is 2. The molecule has 0 radical (unpaired) electrons. The molecule has 2 heterocycles. The molecule has 0 aliphatic carbocycles. The van der Waals surface area contributed by atoms with Crippen LogP contribution >= 0.6 is 0 Å². The number of hydrogen-bond donors (Lipinski definition) is 1. The van der Waals surface area contributed by atoms with Crippen LogP contribution in [0.3, 0.4) is 0 Å². The van der Waals surface area contributed by atoms with Crippen molar-refractivity contribution in [2.45, 2.75) is 32.0 Å². The fourth-order valence-electron chi connectivity index (χ4n) is 3.95. The fraction of sp³-hybridized carbons (Fsp3) is 0.333. The SMILES string of the molecule is Cc1ccc(-c2cc(C(=O)NC[C@@H](c3cccc(C(F)(F)F)c3)N3CCCC3)no2)cc1. The van der Waals surface area contributed by atoms with Crippen LogP contribution in [0.5, 0.6) is 0 Å². The van der Waals surface area contributed by atoms with Gasteiger partial charge in [0.2, 0.25) is 0 Å². The summed E-state index contributed by atoms with van der Waals surface area (Å²) >= 11 is 0. The first-order chi connectivity index (χ1) is 15.3. The average molecular weight is 443 g/mol. The van der Waals surface area contributed by atoms with Gasteiger partial charge in [-0.15, -0.1) is 0 Å². The topological polar surface area (TPSA) is 58.4 Å². The van der Waals surface area contributed by atoms with Gasteiger partial charge < -0.3 is 9.84 Å². The van der Waals surface area contributed by atoms with E-state index in [-0.39, 0.29) is 18.3 Å². The van der Waals surface area contributed by atoms with Gasteiger partial charge in [-0.05, 0) is 50.6 Å². The number of carbonyl (C=O) groups is 1. The average Bonchev–Trinajstić information content (AvgIpc) is 3.47. The van der Waals surface area contributed by atoms with E-state index in [1.807, 2.05) is 31.2 Å². The molecule has 8 heteroatoms. The first-order valence-corrected chi connectivity index (χ1v) is 10.5. The zero-order chi connectivity index (χ0) is 22.7. The first-order valence-electron chi connectivity index (χ1n) is 10.5. The lowest BCUT2D eigenvalue weighted by Crippen LogP contribution is -2.37. The Hall–Kier alpha value is -3.13. The summed E-state index contributed by atoms with van der Waals surface area (Å²) in [5.74, 6) is 0.0485.